The molecule has 1 saturated heterocycles. The predicted octanol–water partition coefficient (Wildman–Crippen LogP) is 1.35. The van der Waals surface area contributed by atoms with Gasteiger partial charge in [0.25, 0.3) is 5.69 Å². The van der Waals surface area contributed by atoms with Crippen LogP contribution in [0, 0.1) is 15.9 Å². The molecule has 0 aromatic heterocycles. The third-order valence-corrected chi connectivity index (χ3v) is 3.16. The Labute approximate surface area is 113 Å². The van der Waals surface area contributed by atoms with E-state index >= 15 is 0 Å². The lowest BCUT2D eigenvalue weighted by atomic mass is 10.2. The van der Waals surface area contributed by atoms with E-state index in [0.29, 0.717) is 13.1 Å². The number of nitro groups is 1. The molecule has 0 bridgehead atoms. The van der Waals surface area contributed by atoms with E-state index in [9.17, 15) is 23.7 Å². The lowest BCUT2D eigenvalue weighted by Crippen LogP contribution is -2.51. The van der Waals surface area contributed by atoms with Crippen molar-refractivity contribution in [1.82, 2.24) is 4.90 Å². The Morgan fingerprint density at radius 3 is 2.65 bits per heavy atom. The van der Waals surface area contributed by atoms with Crippen LogP contribution in [-0.2, 0) is 4.79 Å². The van der Waals surface area contributed by atoms with E-state index in [1.807, 2.05) is 0 Å². The van der Waals surface area contributed by atoms with Gasteiger partial charge < -0.3 is 9.80 Å². The first-order valence-corrected chi connectivity index (χ1v) is 6.05. The molecule has 0 N–H and O–H groups in total. The van der Waals surface area contributed by atoms with Crippen LogP contribution in [0.2, 0.25) is 0 Å². The van der Waals surface area contributed by atoms with Crippen LogP contribution >= 0.6 is 0 Å². The van der Waals surface area contributed by atoms with Gasteiger partial charge in [0.1, 0.15) is 6.67 Å². The minimum absolute atomic E-state index is 0.0371. The minimum atomic E-state index is -0.744. The molecule has 1 aromatic rings. The maximum absolute atomic E-state index is 13.8. The van der Waals surface area contributed by atoms with Gasteiger partial charge in [-0.3, -0.25) is 14.9 Å². The molecule has 0 spiro atoms. The van der Waals surface area contributed by atoms with Gasteiger partial charge in [0.2, 0.25) is 5.91 Å². The second kappa shape index (κ2) is 5.81. The Morgan fingerprint density at radius 2 is 2.10 bits per heavy atom. The molecule has 0 radical (unpaired) electrons. The lowest BCUT2D eigenvalue weighted by molar-refractivity contribution is -0.385. The topological polar surface area (TPSA) is 66.7 Å². The number of alkyl halides is 1. The summed E-state index contributed by atoms with van der Waals surface area (Å²) in [5.74, 6) is -1.03. The zero-order chi connectivity index (χ0) is 14.7. The normalized spacial score (nSPS) is 15.6. The summed E-state index contributed by atoms with van der Waals surface area (Å²) in [6.07, 6.45) is 0. The van der Waals surface area contributed by atoms with Crippen molar-refractivity contribution in [3.8, 4) is 0 Å². The fourth-order valence-electron chi connectivity index (χ4n) is 2.12. The van der Waals surface area contributed by atoms with Gasteiger partial charge in [0.15, 0.2) is 5.82 Å². The van der Waals surface area contributed by atoms with E-state index in [4.69, 9.17) is 0 Å². The number of hydrogen-bond donors (Lipinski definition) is 0. The van der Waals surface area contributed by atoms with E-state index in [2.05, 4.69) is 0 Å². The van der Waals surface area contributed by atoms with E-state index in [1.54, 1.807) is 0 Å². The summed E-state index contributed by atoms with van der Waals surface area (Å²) in [6.45, 7) is 0.0292. The molecule has 0 aliphatic carbocycles. The number of benzene rings is 1. The average molecular weight is 285 g/mol. The quantitative estimate of drug-likeness (QED) is 0.618. The van der Waals surface area contributed by atoms with E-state index < -0.39 is 17.4 Å². The summed E-state index contributed by atoms with van der Waals surface area (Å²) in [5, 5.41) is 10.5. The number of non-ortho nitro benzene ring substituents is 1. The fraction of sp³-hybridized carbons (Fsp3) is 0.417. The summed E-state index contributed by atoms with van der Waals surface area (Å²) in [7, 11) is 0. The highest BCUT2D eigenvalue weighted by Gasteiger charge is 2.26. The predicted molar refractivity (Wildman–Crippen MR) is 67.8 cm³/mol. The van der Waals surface area contributed by atoms with Crippen molar-refractivity contribution in [2.75, 3.05) is 37.8 Å². The maximum Gasteiger partial charge on any atom is 0.272 e. The van der Waals surface area contributed by atoms with Crippen molar-refractivity contribution in [3.63, 3.8) is 0 Å². The van der Waals surface area contributed by atoms with Gasteiger partial charge in [-0.15, -0.1) is 0 Å². The van der Waals surface area contributed by atoms with Gasteiger partial charge in [0, 0.05) is 25.7 Å². The molecular weight excluding hydrogens is 272 g/mol. The number of carbonyl (C=O) groups excluding carboxylic acids is 1. The average Bonchev–Trinajstić information content (AvgIpc) is 2.41. The minimum Gasteiger partial charge on any atom is -0.358 e. The second-order valence-electron chi connectivity index (χ2n) is 4.38. The molecule has 108 valence electrons. The van der Waals surface area contributed by atoms with Crippen molar-refractivity contribution in [2.24, 2.45) is 0 Å². The first-order chi connectivity index (χ1) is 9.52. The molecule has 0 saturated carbocycles. The van der Waals surface area contributed by atoms with Crippen LogP contribution in [0.3, 0.4) is 0 Å². The van der Waals surface area contributed by atoms with E-state index in [-0.39, 0.29) is 30.4 Å². The summed E-state index contributed by atoms with van der Waals surface area (Å²) >= 11 is 0. The van der Waals surface area contributed by atoms with Crippen molar-refractivity contribution < 1.29 is 18.5 Å². The van der Waals surface area contributed by atoms with Crippen LogP contribution in [0.1, 0.15) is 0 Å². The van der Waals surface area contributed by atoms with E-state index in [0.717, 1.165) is 6.07 Å². The smallest absolute Gasteiger partial charge is 0.272 e. The third-order valence-electron chi connectivity index (χ3n) is 3.16. The molecule has 0 atom stereocenters. The monoisotopic (exact) mass is 285 g/mol. The van der Waals surface area contributed by atoms with Crippen LogP contribution in [-0.4, -0.2) is 48.6 Å². The number of amides is 1. The van der Waals surface area contributed by atoms with Gasteiger partial charge in [-0.25, -0.2) is 8.78 Å². The fourth-order valence-corrected chi connectivity index (χ4v) is 2.12. The molecule has 1 aliphatic heterocycles. The molecule has 1 amide bonds. The molecule has 1 aromatic carbocycles. The van der Waals surface area contributed by atoms with Crippen molar-refractivity contribution in [2.45, 2.75) is 0 Å². The van der Waals surface area contributed by atoms with Crippen molar-refractivity contribution in [3.05, 3.63) is 34.1 Å². The van der Waals surface area contributed by atoms with Gasteiger partial charge >= 0.3 is 0 Å². The summed E-state index contributed by atoms with van der Waals surface area (Å²) in [4.78, 5) is 24.5. The SMILES string of the molecule is O=C1CN(c2ccc([N+](=O)[O-])cc2F)CCN1CCF. The molecule has 0 unspecified atom stereocenters. The number of piperazine rings is 1. The number of rotatable bonds is 4. The Hall–Kier alpha value is -2.25. The number of anilines is 1. The molecule has 1 heterocycles. The Balaban J connectivity index is 2.14. The number of nitro benzene ring substituents is 1. The lowest BCUT2D eigenvalue weighted by Gasteiger charge is -2.35. The van der Waals surface area contributed by atoms with E-state index in [1.165, 1.54) is 21.9 Å². The maximum atomic E-state index is 13.8. The standard InChI is InChI=1S/C12H13F2N3O3/c13-3-4-15-5-6-16(8-12(15)18)11-2-1-9(17(19)20)7-10(11)14/h1-2,7H,3-6,8H2. The van der Waals surface area contributed by atoms with Gasteiger partial charge in [-0.05, 0) is 6.07 Å². The van der Waals surface area contributed by atoms with Crippen LogP contribution in [0.5, 0.6) is 0 Å². The molecule has 2 rings (SSSR count). The van der Waals surface area contributed by atoms with Crippen LogP contribution < -0.4 is 4.90 Å². The van der Waals surface area contributed by atoms with Crippen molar-refractivity contribution in [1.29, 1.82) is 0 Å². The highest BCUT2D eigenvalue weighted by molar-refractivity contribution is 5.83. The Bertz CT molecular complexity index is 539. The zero-order valence-corrected chi connectivity index (χ0v) is 10.6. The zero-order valence-electron chi connectivity index (χ0n) is 10.6. The first-order valence-electron chi connectivity index (χ1n) is 6.05. The van der Waals surface area contributed by atoms with Crippen LogP contribution in [0.4, 0.5) is 20.2 Å². The second-order valence-corrected chi connectivity index (χ2v) is 4.38. The highest BCUT2D eigenvalue weighted by atomic mass is 19.1. The van der Waals surface area contributed by atoms with Gasteiger partial charge in [0.05, 0.1) is 23.2 Å². The van der Waals surface area contributed by atoms with Gasteiger partial charge in [-0.1, -0.05) is 0 Å². The summed E-state index contributed by atoms with van der Waals surface area (Å²) in [6, 6.07) is 3.30. The third kappa shape index (κ3) is 2.84. The molecule has 1 aliphatic rings. The van der Waals surface area contributed by atoms with Crippen LogP contribution in [0.25, 0.3) is 0 Å². The number of nitrogens with zero attached hydrogens (tertiary/aromatic N) is 3. The Morgan fingerprint density at radius 1 is 1.35 bits per heavy atom. The molecule has 8 heteroatoms. The van der Waals surface area contributed by atoms with Crippen molar-refractivity contribution >= 4 is 17.3 Å². The number of carbonyl (C=O) groups is 1. The number of hydrogen-bond acceptors (Lipinski definition) is 4. The van der Waals surface area contributed by atoms with Crippen LogP contribution in [0.15, 0.2) is 18.2 Å². The number of halogens is 2. The molecule has 6 nitrogen and oxygen atoms in total. The molecule has 20 heavy (non-hydrogen) atoms. The highest BCUT2D eigenvalue weighted by Crippen LogP contribution is 2.25. The molecular formula is C12H13F2N3O3. The first kappa shape index (κ1) is 14.2. The largest absolute Gasteiger partial charge is 0.358 e. The summed E-state index contributed by atoms with van der Waals surface area (Å²) < 4.78 is 26.1. The Kier molecular flexibility index (Phi) is 4.11. The molecule has 1 fully saturated rings. The summed E-state index contributed by atoms with van der Waals surface area (Å²) in [5.41, 5.74) is -0.197. The van der Waals surface area contributed by atoms with Gasteiger partial charge in [-0.2, -0.15) is 0 Å².